The molecule has 0 unspecified atom stereocenters. The van der Waals surface area contributed by atoms with Crippen LogP contribution in [0.2, 0.25) is 5.02 Å². The first kappa shape index (κ1) is 21.7. The highest BCUT2D eigenvalue weighted by Crippen LogP contribution is 2.28. The summed E-state index contributed by atoms with van der Waals surface area (Å²) in [6.07, 6.45) is 1.27. The maximum absolute atomic E-state index is 13.6. The van der Waals surface area contributed by atoms with E-state index in [0.29, 0.717) is 16.0 Å². The zero-order valence-electron chi connectivity index (χ0n) is 16.7. The van der Waals surface area contributed by atoms with Crippen molar-refractivity contribution < 1.29 is 9.18 Å². The third-order valence-corrected chi connectivity index (χ3v) is 5.56. The van der Waals surface area contributed by atoms with Gasteiger partial charge in [-0.1, -0.05) is 71.9 Å². The highest BCUT2D eigenvalue weighted by atomic mass is 35.5. The Morgan fingerprint density at radius 1 is 1.03 bits per heavy atom. The third kappa shape index (κ3) is 5.22. The molecule has 6 nitrogen and oxygen atoms in total. The highest BCUT2D eigenvalue weighted by molar-refractivity contribution is 7.99. The van der Waals surface area contributed by atoms with Crippen LogP contribution in [0.4, 0.5) is 4.39 Å². The maximum Gasteiger partial charge on any atom is 0.250 e. The van der Waals surface area contributed by atoms with E-state index in [4.69, 9.17) is 11.6 Å². The molecule has 0 radical (unpaired) electrons. The number of rotatable bonds is 7. The average Bonchev–Trinajstić information content (AvgIpc) is 3.24. The Bertz CT molecular complexity index is 1240. The van der Waals surface area contributed by atoms with Crippen molar-refractivity contribution in [1.82, 2.24) is 20.2 Å². The molecular weight excluding hydrogens is 449 g/mol. The van der Waals surface area contributed by atoms with Gasteiger partial charge >= 0.3 is 0 Å². The van der Waals surface area contributed by atoms with Gasteiger partial charge in [0.25, 0.3) is 5.91 Å². The van der Waals surface area contributed by atoms with Gasteiger partial charge in [0, 0.05) is 21.8 Å². The van der Waals surface area contributed by atoms with E-state index >= 15 is 0 Å². The quantitative estimate of drug-likeness (QED) is 0.237. The van der Waals surface area contributed by atoms with Crippen LogP contribution in [0.3, 0.4) is 0 Å². The van der Waals surface area contributed by atoms with Gasteiger partial charge in [0.05, 0.1) is 12.0 Å². The van der Waals surface area contributed by atoms with E-state index in [1.54, 1.807) is 30.3 Å². The van der Waals surface area contributed by atoms with Crippen molar-refractivity contribution in [2.75, 3.05) is 5.75 Å². The van der Waals surface area contributed by atoms with Crippen LogP contribution < -0.4 is 5.43 Å². The number of hydrogen-bond donors (Lipinski definition) is 1. The van der Waals surface area contributed by atoms with Gasteiger partial charge in [-0.05, 0) is 30.3 Å². The number of hydrogen-bond acceptors (Lipinski definition) is 5. The third-order valence-electron chi connectivity index (χ3n) is 4.38. The molecule has 1 aromatic heterocycles. The lowest BCUT2D eigenvalue weighted by molar-refractivity contribution is -0.118. The number of hydrazone groups is 1. The minimum atomic E-state index is -0.413. The molecule has 0 aliphatic carbocycles. The second-order valence-electron chi connectivity index (χ2n) is 6.59. The molecule has 4 aromatic rings. The number of halogens is 2. The van der Waals surface area contributed by atoms with E-state index < -0.39 is 5.82 Å². The molecule has 160 valence electrons. The van der Waals surface area contributed by atoms with Crippen molar-refractivity contribution >= 4 is 35.5 Å². The van der Waals surface area contributed by atoms with Crippen molar-refractivity contribution in [3.05, 3.63) is 95.3 Å². The number of carbonyl (C=O) groups is 1. The van der Waals surface area contributed by atoms with Gasteiger partial charge < -0.3 is 0 Å². The molecule has 0 aliphatic rings. The van der Waals surface area contributed by atoms with Gasteiger partial charge in [0.1, 0.15) is 5.82 Å². The first-order chi connectivity index (χ1) is 15.6. The van der Waals surface area contributed by atoms with Crippen LogP contribution >= 0.6 is 23.4 Å². The van der Waals surface area contributed by atoms with Gasteiger partial charge in [-0.25, -0.2) is 9.82 Å². The normalized spacial score (nSPS) is 11.1. The molecule has 1 N–H and O–H groups in total. The predicted octanol–water partition coefficient (Wildman–Crippen LogP) is 4.97. The molecule has 0 atom stereocenters. The van der Waals surface area contributed by atoms with E-state index in [2.05, 4.69) is 20.7 Å². The van der Waals surface area contributed by atoms with Crippen LogP contribution in [-0.2, 0) is 4.79 Å². The van der Waals surface area contributed by atoms with Crippen molar-refractivity contribution in [2.45, 2.75) is 5.16 Å². The van der Waals surface area contributed by atoms with Crippen LogP contribution in [-0.4, -0.2) is 32.6 Å². The summed E-state index contributed by atoms with van der Waals surface area (Å²) in [6.45, 7) is 0. The van der Waals surface area contributed by atoms with Gasteiger partial charge in [-0.3, -0.25) is 9.36 Å². The smallest absolute Gasteiger partial charge is 0.250 e. The second-order valence-corrected chi connectivity index (χ2v) is 7.97. The SMILES string of the molecule is O=C(CSc1nnc(-c2ccccc2)n1-c1ccc(Cl)cc1)N/N=C/c1ccccc1F. The number of amides is 1. The Morgan fingerprint density at radius 2 is 1.75 bits per heavy atom. The Morgan fingerprint density at radius 3 is 2.50 bits per heavy atom. The van der Waals surface area contributed by atoms with Crippen LogP contribution in [0.5, 0.6) is 0 Å². The van der Waals surface area contributed by atoms with Gasteiger partial charge in [0.2, 0.25) is 0 Å². The molecule has 0 bridgehead atoms. The lowest BCUT2D eigenvalue weighted by Gasteiger charge is -2.10. The minimum Gasteiger partial charge on any atom is -0.272 e. The topological polar surface area (TPSA) is 72.2 Å². The molecule has 32 heavy (non-hydrogen) atoms. The summed E-state index contributed by atoms with van der Waals surface area (Å²) in [5, 5.41) is 13.6. The Labute approximate surface area is 193 Å². The van der Waals surface area contributed by atoms with E-state index in [9.17, 15) is 9.18 Å². The number of nitrogens with zero attached hydrogens (tertiary/aromatic N) is 4. The number of thioether (sulfide) groups is 1. The Hall–Kier alpha value is -3.49. The standard InChI is InChI=1S/C23H17ClFN5OS/c24-18-10-12-19(13-11-18)30-22(16-6-2-1-3-7-16)28-29-23(30)32-15-21(31)27-26-14-17-8-4-5-9-20(17)25/h1-14H,15H2,(H,27,31)/b26-14+. The van der Waals surface area contributed by atoms with Gasteiger partial charge in [-0.2, -0.15) is 5.10 Å². The minimum absolute atomic E-state index is 0.0507. The fraction of sp³-hybridized carbons (Fsp3) is 0.0435. The van der Waals surface area contributed by atoms with Gasteiger partial charge in [0.15, 0.2) is 11.0 Å². The fourth-order valence-corrected chi connectivity index (χ4v) is 3.75. The van der Waals surface area contributed by atoms with Crippen LogP contribution in [0.15, 0.2) is 89.1 Å². The van der Waals surface area contributed by atoms with E-state index in [0.717, 1.165) is 11.3 Å². The molecule has 0 aliphatic heterocycles. The number of nitrogens with one attached hydrogen (secondary N) is 1. The number of carbonyl (C=O) groups excluding carboxylic acids is 1. The summed E-state index contributed by atoms with van der Waals surface area (Å²) in [5.74, 6) is -0.0675. The highest BCUT2D eigenvalue weighted by Gasteiger charge is 2.17. The molecule has 1 heterocycles. The largest absolute Gasteiger partial charge is 0.272 e. The van der Waals surface area contributed by atoms with Crippen LogP contribution in [0.1, 0.15) is 5.56 Å². The van der Waals surface area contributed by atoms with Crippen LogP contribution in [0.25, 0.3) is 17.1 Å². The van der Waals surface area contributed by atoms with Crippen LogP contribution in [0, 0.1) is 5.82 Å². The average molecular weight is 466 g/mol. The maximum atomic E-state index is 13.6. The first-order valence-corrected chi connectivity index (χ1v) is 10.9. The summed E-state index contributed by atoms with van der Waals surface area (Å²) >= 11 is 7.25. The second kappa shape index (κ2) is 10.2. The molecule has 4 rings (SSSR count). The zero-order chi connectivity index (χ0) is 22.3. The summed E-state index contributed by atoms with van der Waals surface area (Å²) in [6, 6.07) is 23.1. The summed E-state index contributed by atoms with van der Waals surface area (Å²) in [5.41, 5.74) is 4.40. The predicted molar refractivity (Wildman–Crippen MR) is 125 cm³/mol. The lowest BCUT2D eigenvalue weighted by Crippen LogP contribution is -2.20. The zero-order valence-corrected chi connectivity index (χ0v) is 18.2. The molecule has 0 saturated carbocycles. The van der Waals surface area contributed by atoms with Crippen molar-refractivity contribution in [3.8, 4) is 17.1 Å². The first-order valence-electron chi connectivity index (χ1n) is 9.58. The van der Waals surface area contributed by atoms with Crippen molar-refractivity contribution in [2.24, 2.45) is 5.10 Å². The van der Waals surface area contributed by atoms with E-state index in [1.807, 2.05) is 47.0 Å². The molecular formula is C23H17ClFN5OS. The molecule has 9 heteroatoms. The molecule has 3 aromatic carbocycles. The number of aromatic nitrogens is 3. The fourth-order valence-electron chi connectivity index (χ4n) is 2.88. The van der Waals surface area contributed by atoms with E-state index in [1.165, 1.54) is 24.0 Å². The Kier molecular flexibility index (Phi) is 6.94. The summed E-state index contributed by atoms with van der Waals surface area (Å²) in [7, 11) is 0. The molecule has 0 fully saturated rings. The molecule has 0 spiro atoms. The number of benzene rings is 3. The summed E-state index contributed by atoms with van der Waals surface area (Å²) in [4.78, 5) is 12.2. The van der Waals surface area contributed by atoms with Crippen molar-refractivity contribution in [3.63, 3.8) is 0 Å². The summed E-state index contributed by atoms with van der Waals surface area (Å²) < 4.78 is 15.5. The Balaban J connectivity index is 1.51. The van der Waals surface area contributed by atoms with Crippen molar-refractivity contribution in [1.29, 1.82) is 0 Å². The van der Waals surface area contributed by atoms with E-state index in [-0.39, 0.29) is 17.2 Å². The monoisotopic (exact) mass is 465 g/mol. The molecule has 0 saturated heterocycles. The lowest BCUT2D eigenvalue weighted by atomic mass is 10.2. The van der Waals surface area contributed by atoms with Gasteiger partial charge in [-0.15, -0.1) is 10.2 Å². The molecule has 1 amide bonds.